The minimum atomic E-state index is -0.500. The highest BCUT2D eigenvalue weighted by Gasteiger charge is 2.16. The molecule has 17 heavy (non-hydrogen) atoms. The van der Waals surface area contributed by atoms with Gasteiger partial charge >= 0.3 is 0 Å². The number of hydrogen-bond donors (Lipinski definition) is 1. The molecule has 94 valence electrons. The van der Waals surface area contributed by atoms with Crippen LogP contribution in [0.15, 0.2) is 6.20 Å². The SMILES string of the molecule is CNc1ncc(F)c(OCC2CCCCC2)n1. The number of anilines is 1. The second-order valence-electron chi connectivity index (χ2n) is 4.41. The van der Waals surface area contributed by atoms with Crippen molar-refractivity contribution in [3.8, 4) is 5.88 Å². The summed E-state index contributed by atoms with van der Waals surface area (Å²) in [5.74, 6) is 0.468. The fourth-order valence-electron chi connectivity index (χ4n) is 2.12. The second kappa shape index (κ2) is 5.80. The third-order valence-electron chi connectivity index (χ3n) is 3.12. The molecule has 2 rings (SSSR count). The number of rotatable bonds is 4. The molecule has 0 aliphatic heterocycles. The third kappa shape index (κ3) is 3.28. The summed E-state index contributed by atoms with van der Waals surface area (Å²) in [6, 6.07) is 0. The first kappa shape index (κ1) is 12.1. The summed E-state index contributed by atoms with van der Waals surface area (Å²) >= 11 is 0. The number of halogens is 1. The quantitative estimate of drug-likeness (QED) is 0.877. The van der Waals surface area contributed by atoms with Crippen molar-refractivity contribution in [3.05, 3.63) is 12.0 Å². The molecule has 1 fully saturated rings. The molecule has 0 unspecified atom stereocenters. The zero-order chi connectivity index (χ0) is 12.1. The Bertz CT molecular complexity index is 367. The highest BCUT2D eigenvalue weighted by atomic mass is 19.1. The van der Waals surface area contributed by atoms with Crippen molar-refractivity contribution >= 4 is 5.95 Å². The zero-order valence-electron chi connectivity index (χ0n) is 10.1. The van der Waals surface area contributed by atoms with E-state index < -0.39 is 5.82 Å². The molecule has 0 bridgehead atoms. The molecule has 0 radical (unpaired) electrons. The van der Waals surface area contributed by atoms with Gasteiger partial charge in [-0.1, -0.05) is 19.3 Å². The first-order valence-electron chi connectivity index (χ1n) is 6.12. The van der Waals surface area contributed by atoms with E-state index in [0.29, 0.717) is 18.5 Å². The van der Waals surface area contributed by atoms with E-state index >= 15 is 0 Å². The van der Waals surface area contributed by atoms with Gasteiger partial charge in [-0.15, -0.1) is 0 Å². The molecular formula is C12H18FN3O. The Labute approximate surface area is 101 Å². The van der Waals surface area contributed by atoms with Crippen molar-refractivity contribution in [1.29, 1.82) is 0 Å². The van der Waals surface area contributed by atoms with Gasteiger partial charge in [0.05, 0.1) is 12.8 Å². The smallest absolute Gasteiger partial charge is 0.255 e. The van der Waals surface area contributed by atoms with Crippen molar-refractivity contribution in [2.24, 2.45) is 5.92 Å². The molecule has 5 heteroatoms. The minimum absolute atomic E-state index is 0.0509. The van der Waals surface area contributed by atoms with E-state index in [1.807, 2.05) is 0 Å². The molecule has 1 saturated carbocycles. The average molecular weight is 239 g/mol. The van der Waals surface area contributed by atoms with Crippen LogP contribution in [0.1, 0.15) is 32.1 Å². The summed E-state index contributed by atoms with van der Waals surface area (Å²) in [6.07, 6.45) is 7.29. The topological polar surface area (TPSA) is 47.0 Å². The van der Waals surface area contributed by atoms with Crippen LogP contribution in [0.2, 0.25) is 0 Å². The molecule has 0 atom stereocenters. The third-order valence-corrected chi connectivity index (χ3v) is 3.12. The maximum atomic E-state index is 13.4. The van der Waals surface area contributed by atoms with E-state index in [1.54, 1.807) is 7.05 Å². The molecule has 0 saturated heterocycles. The summed E-state index contributed by atoms with van der Waals surface area (Å²) in [5, 5.41) is 2.76. The Kier molecular flexibility index (Phi) is 4.12. The van der Waals surface area contributed by atoms with E-state index in [0.717, 1.165) is 6.20 Å². The molecule has 1 heterocycles. The molecule has 0 amide bonds. The molecular weight excluding hydrogens is 221 g/mol. The number of aromatic nitrogens is 2. The largest absolute Gasteiger partial charge is 0.475 e. The summed E-state index contributed by atoms with van der Waals surface area (Å²) < 4.78 is 18.8. The predicted molar refractivity (Wildman–Crippen MR) is 63.6 cm³/mol. The van der Waals surface area contributed by atoms with Crippen LogP contribution in [-0.4, -0.2) is 23.6 Å². The van der Waals surface area contributed by atoms with Crippen LogP contribution in [0, 0.1) is 11.7 Å². The molecule has 0 aromatic carbocycles. The van der Waals surface area contributed by atoms with E-state index in [1.165, 1.54) is 32.1 Å². The van der Waals surface area contributed by atoms with E-state index in [-0.39, 0.29) is 5.88 Å². The fraction of sp³-hybridized carbons (Fsp3) is 0.667. The molecule has 0 spiro atoms. The maximum Gasteiger partial charge on any atom is 0.255 e. The lowest BCUT2D eigenvalue weighted by Gasteiger charge is -2.21. The van der Waals surface area contributed by atoms with Gasteiger partial charge in [0.15, 0.2) is 0 Å². The van der Waals surface area contributed by atoms with Crippen molar-refractivity contribution in [1.82, 2.24) is 9.97 Å². The summed E-state index contributed by atoms with van der Waals surface area (Å²) in [4.78, 5) is 7.73. The van der Waals surface area contributed by atoms with Gasteiger partial charge in [-0.3, -0.25) is 0 Å². The molecule has 1 aromatic rings. The van der Waals surface area contributed by atoms with Crippen LogP contribution >= 0.6 is 0 Å². The number of hydrogen-bond acceptors (Lipinski definition) is 4. The van der Waals surface area contributed by atoms with Crippen molar-refractivity contribution in [2.45, 2.75) is 32.1 Å². The minimum Gasteiger partial charge on any atom is -0.475 e. The Morgan fingerprint density at radius 2 is 2.18 bits per heavy atom. The van der Waals surface area contributed by atoms with Crippen LogP contribution in [0.25, 0.3) is 0 Å². The van der Waals surface area contributed by atoms with Crippen molar-refractivity contribution in [3.63, 3.8) is 0 Å². The Morgan fingerprint density at radius 1 is 1.41 bits per heavy atom. The van der Waals surface area contributed by atoms with Gasteiger partial charge in [0.2, 0.25) is 11.8 Å². The lowest BCUT2D eigenvalue weighted by Crippen LogP contribution is -2.16. The average Bonchev–Trinajstić information content (AvgIpc) is 2.39. The van der Waals surface area contributed by atoms with Gasteiger partial charge in [-0.05, 0) is 18.8 Å². The van der Waals surface area contributed by atoms with Crippen LogP contribution in [0.4, 0.5) is 10.3 Å². The highest BCUT2D eigenvalue weighted by molar-refractivity contribution is 5.27. The standard InChI is InChI=1S/C12H18FN3O/c1-14-12-15-7-10(13)11(16-12)17-8-9-5-3-2-4-6-9/h7,9H,2-6,8H2,1H3,(H,14,15,16). The fourth-order valence-corrected chi connectivity index (χ4v) is 2.12. The van der Waals surface area contributed by atoms with Gasteiger partial charge in [0, 0.05) is 7.05 Å². The first-order valence-corrected chi connectivity index (χ1v) is 6.12. The van der Waals surface area contributed by atoms with E-state index in [2.05, 4.69) is 15.3 Å². The zero-order valence-corrected chi connectivity index (χ0v) is 10.1. The summed E-state index contributed by atoms with van der Waals surface area (Å²) in [5.41, 5.74) is 0. The molecule has 1 aromatic heterocycles. The van der Waals surface area contributed by atoms with Gasteiger partial charge in [0.25, 0.3) is 5.88 Å². The van der Waals surface area contributed by atoms with E-state index in [4.69, 9.17) is 4.74 Å². The Balaban J connectivity index is 1.92. The summed E-state index contributed by atoms with van der Waals surface area (Å²) in [6.45, 7) is 0.553. The lowest BCUT2D eigenvalue weighted by atomic mass is 9.90. The number of nitrogens with zero attached hydrogens (tertiary/aromatic N) is 2. The van der Waals surface area contributed by atoms with Crippen LogP contribution in [0.5, 0.6) is 5.88 Å². The number of ether oxygens (including phenoxy) is 1. The Hall–Kier alpha value is -1.39. The number of nitrogens with one attached hydrogen (secondary N) is 1. The second-order valence-corrected chi connectivity index (χ2v) is 4.41. The van der Waals surface area contributed by atoms with Crippen LogP contribution in [-0.2, 0) is 0 Å². The van der Waals surface area contributed by atoms with Crippen LogP contribution in [0.3, 0.4) is 0 Å². The van der Waals surface area contributed by atoms with E-state index in [9.17, 15) is 4.39 Å². The van der Waals surface area contributed by atoms with Gasteiger partial charge in [-0.25, -0.2) is 4.98 Å². The first-order chi connectivity index (χ1) is 8.29. The predicted octanol–water partition coefficient (Wildman–Crippen LogP) is 2.62. The van der Waals surface area contributed by atoms with Gasteiger partial charge < -0.3 is 10.1 Å². The molecule has 1 N–H and O–H groups in total. The maximum absolute atomic E-state index is 13.4. The van der Waals surface area contributed by atoms with Crippen LogP contribution < -0.4 is 10.1 Å². The van der Waals surface area contributed by atoms with Gasteiger partial charge in [-0.2, -0.15) is 9.37 Å². The molecule has 1 aliphatic rings. The van der Waals surface area contributed by atoms with Crippen molar-refractivity contribution in [2.75, 3.05) is 19.0 Å². The normalized spacial score (nSPS) is 16.8. The Morgan fingerprint density at radius 3 is 2.88 bits per heavy atom. The molecule has 4 nitrogen and oxygen atoms in total. The highest BCUT2D eigenvalue weighted by Crippen LogP contribution is 2.24. The lowest BCUT2D eigenvalue weighted by molar-refractivity contribution is 0.195. The monoisotopic (exact) mass is 239 g/mol. The molecule has 1 aliphatic carbocycles. The summed E-state index contributed by atoms with van der Waals surface area (Å²) in [7, 11) is 1.69. The van der Waals surface area contributed by atoms with Gasteiger partial charge in [0.1, 0.15) is 0 Å². The van der Waals surface area contributed by atoms with Crippen molar-refractivity contribution < 1.29 is 9.13 Å².